The van der Waals surface area contributed by atoms with Gasteiger partial charge in [-0.15, -0.1) is 0 Å². The second-order valence-corrected chi connectivity index (χ2v) is 4.54. The lowest BCUT2D eigenvalue weighted by Gasteiger charge is -2.22. The molecular formula is C12H20N4O2. The van der Waals surface area contributed by atoms with Crippen LogP contribution in [-0.2, 0) is 11.3 Å². The van der Waals surface area contributed by atoms with Gasteiger partial charge in [0, 0.05) is 38.9 Å². The van der Waals surface area contributed by atoms with Crippen LogP contribution >= 0.6 is 0 Å². The molecule has 18 heavy (non-hydrogen) atoms. The third-order valence-electron chi connectivity index (χ3n) is 3.12. The van der Waals surface area contributed by atoms with Crippen molar-refractivity contribution in [2.45, 2.75) is 19.4 Å². The Hall–Kier alpha value is -1.40. The molecule has 0 radical (unpaired) electrons. The number of hydrogen-bond donors (Lipinski definition) is 2. The minimum atomic E-state index is -0.0662. The van der Waals surface area contributed by atoms with Crippen LogP contribution < -0.4 is 16.6 Å². The maximum absolute atomic E-state index is 11.9. The third-order valence-corrected chi connectivity index (χ3v) is 3.12. The molecule has 2 rings (SSSR count). The largest absolute Gasteiger partial charge is 0.382 e. The number of ether oxygens (including phenoxy) is 1. The summed E-state index contributed by atoms with van der Waals surface area (Å²) in [5.74, 6) is 0.492. The second-order valence-electron chi connectivity index (χ2n) is 4.54. The SMILES string of the molecule is NCCNc1cnn(CC2CCOCC2)c(=O)c1. The Morgan fingerprint density at radius 1 is 1.50 bits per heavy atom. The minimum absolute atomic E-state index is 0.0662. The van der Waals surface area contributed by atoms with Gasteiger partial charge in [-0.05, 0) is 18.8 Å². The molecule has 6 heteroatoms. The van der Waals surface area contributed by atoms with Crippen molar-refractivity contribution in [2.75, 3.05) is 31.6 Å². The van der Waals surface area contributed by atoms with E-state index in [2.05, 4.69) is 10.4 Å². The Morgan fingerprint density at radius 3 is 2.94 bits per heavy atom. The zero-order chi connectivity index (χ0) is 12.8. The maximum atomic E-state index is 11.9. The lowest BCUT2D eigenvalue weighted by molar-refractivity contribution is 0.0596. The lowest BCUT2D eigenvalue weighted by Crippen LogP contribution is -2.29. The standard InChI is InChI=1S/C12H20N4O2/c13-3-4-14-11-7-12(17)16(15-8-11)9-10-1-5-18-6-2-10/h7-8,10,14H,1-6,9,13H2. The molecule has 0 aliphatic carbocycles. The van der Waals surface area contributed by atoms with Crippen LogP contribution in [0.25, 0.3) is 0 Å². The molecule has 6 nitrogen and oxygen atoms in total. The fourth-order valence-corrected chi connectivity index (χ4v) is 2.06. The minimum Gasteiger partial charge on any atom is -0.382 e. The van der Waals surface area contributed by atoms with Crippen molar-refractivity contribution in [3.63, 3.8) is 0 Å². The molecule has 1 aliphatic heterocycles. The van der Waals surface area contributed by atoms with E-state index in [1.807, 2.05) is 0 Å². The molecule has 0 atom stereocenters. The highest BCUT2D eigenvalue weighted by Gasteiger charge is 2.15. The number of nitrogens with zero attached hydrogens (tertiary/aromatic N) is 2. The average Bonchev–Trinajstić information content (AvgIpc) is 2.40. The summed E-state index contributed by atoms with van der Waals surface area (Å²) in [6.07, 6.45) is 3.68. The predicted octanol–water partition coefficient (Wildman–Crippen LogP) is 0.0405. The summed E-state index contributed by atoms with van der Waals surface area (Å²) >= 11 is 0. The summed E-state index contributed by atoms with van der Waals surface area (Å²) < 4.78 is 6.83. The van der Waals surface area contributed by atoms with E-state index in [1.54, 1.807) is 12.3 Å². The topological polar surface area (TPSA) is 82.2 Å². The highest BCUT2D eigenvalue weighted by atomic mass is 16.5. The van der Waals surface area contributed by atoms with Crippen molar-refractivity contribution in [1.29, 1.82) is 0 Å². The van der Waals surface area contributed by atoms with Crippen molar-refractivity contribution < 1.29 is 4.74 Å². The zero-order valence-corrected chi connectivity index (χ0v) is 10.5. The van der Waals surface area contributed by atoms with Gasteiger partial charge < -0.3 is 15.8 Å². The van der Waals surface area contributed by atoms with E-state index in [0.717, 1.165) is 31.7 Å². The van der Waals surface area contributed by atoms with Crippen LogP contribution in [0.5, 0.6) is 0 Å². The Labute approximate surface area is 106 Å². The van der Waals surface area contributed by atoms with Crippen LogP contribution in [0.15, 0.2) is 17.1 Å². The summed E-state index contributed by atoms with van der Waals surface area (Å²) in [6.45, 7) is 3.43. The molecular weight excluding hydrogens is 232 g/mol. The van der Waals surface area contributed by atoms with Gasteiger partial charge in [-0.2, -0.15) is 5.10 Å². The first-order valence-electron chi connectivity index (χ1n) is 6.38. The number of nitrogens with two attached hydrogens (primary N) is 1. The van der Waals surface area contributed by atoms with Gasteiger partial charge in [-0.1, -0.05) is 0 Å². The maximum Gasteiger partial charge on any atom is 0.268 e. The van der Waals surface area contributed by atoms with Crippen molar-refractivity contribution >= 4 is 5.69 Å². The molecule has 100 valence electrons. The second kappa shape index (κ2) is 6.51. The normalized spacial score (nSPS) is 16.7. The Morgan fingerprint density at radius 2 is 2.28 bits per heavy atom. The van der Waals surface area contributed by atoms with Crippen LogP contribution in [0.3, 0.4) is 0 Å². The Kier molecular flexibility index (Phi) is 4.72. The fourth-order valence-electron chi connectivity index (χ4n) is 2.06. The van der Waals surface area contributed by atoms with Gasteiger partial charge in [0.2, 0.25) is 0 Å². The molecule has 3 N–H and O–H groups in total. The van der Waals surface area contributed by atoms with Crippen molar-refractivity contribution in [2.24, 2.45) is 11.7 Å². The highest BCUT2D eigenvalue weighted by molar-refractivity contribution is 5.38. The molecule has 0 bridgehead atoms. The monoisotopic (exact) mass is 252 g/mol. The first-order chi connectivity index (χ1) is 8.79. The average molecular weight is 252 g/mol. The molecule has 0 spiro atoms. The van der Waals surface area contributed by atoms with Crippen molar-refractivity contribution in [3.05, 3.63) is 22.6 Å². The number of hydrogen-bond acceptors (Lipinski definition) is 5. The van der Waals surface area contributed by atoms with Crippen LogP contribution in [0, 0.1) is 5.92 Å². The third kappa shape index (κ3) is 3.54. The molecule has 1 aromatic heterocycles. The molecule has 1 saturated heterocycles. The van der Waals surface area contributed by atoms with E-state index in [0.29, 0.717) is 25.6 Å². The van der Waals surface area contributed by atoms with E-state index in [9.17, 15) is 4.79 Å². The van der Waals surface area contributed by atoms with Crippen LogP contribution in [-0.4, -0.2) is 36.1 Å². The van der Waals surface area contributed by atoms with Crippen molar-refractivity contribution in [1.82, 2.24) is 9.78 Å². The van der Waals surface area contributed by atoms with Gasteiger partial charge in [-0.3, -0.25) is 4.79 Å². The molecule has 0 aromatic carbocycles. The van der Waals surface area contributed by atoms with Gasteiger partial charge in [0.1, 0.15) is 0 Å². The van der Waals surface area contributed by atoms with E-state index < -0.39 is 0 Å². The predicted molar refractivity (Wildman–Crippen MR) is 69.6 cm³/mol. The van der Waals surface area contributed by atoms with E-state index in [1.165, 1.54) is 4.68 Å². The van der Waals surface area contributed by atoms with Crippen LogP contribution in [0.4, 0.5) is 5.69 Å². The molecule has 2 heterocycles. The lowest BCUT2D eigenvalue weighted by atomic mass is 10.0. The number of aromatic nitrogens is 2. The molecule has 1 aromatic rings. The number of nitrogens with one attached hydrogen (secondary N) is 1. The van der Waals surface area contributed by atoms with E-state index >= 15 is 0 Å². The Balaban J connectivity index is 1.98. The van der Waals surface area contributed by atoms with Gasteiger partial charge in [0.25, 0.3) is 5.56 Å². The van der Waals surface area contributed by atoms with Gasteiger partial charge in [0.15, 0.2) is 0 Å². The van der Waals surface area contributed by atoms with Crippen molar-refractivity contribution in [3.8, 4) is 0 Å². The molecule has 0 saturated carbocycles. The summed E-state index contributed by atoms with van der Waals surface area (Å²) in [7, 11) is 0. The number of rotatable bonds is 5. The molecule has 0 unspecified atom stereocenters. The molecule has 1 aliphatic rings. The fraction of sp³-hybridized carbons (Fsp3) is 0.667. The first-order valence-corrected chi connectivity index (χ1v) is 6.38. The van der Waals surface area contributed by atoms with E-state index in [4.69, 9.17) is 10.5 Å². The summed E-state index contributed by atoms with van der Waals surface area (Å²) in [4.78, 5) is 11.9. The Bertz CT molecular complexity index is 426. The first kappa shape index (κ1) is 13.0. The van der Waals surface area contributed by atoms with E-state index in [-0.39, 0.29) is 5.56 Å². The van der Waals surface area contributed by atoms with Crippen LogP contribution in [0.1, 0.15) is 12.8 Å². The highest BCUT2D eigenvalue weighted by Crippen LogP contribution is 2.15. The van der Waals surface area contributed by atoms with Crippen LogP contribution in [0.2, 0.25) is 0 Å². The quantitative estimate of drug-likeness (QED) is 0.773. The molecule has 0 amide bonds. The zero-order valence-electron chi connectivity index (χ0n) is 10.5. The van der Waals surface area contributed by atoms with Gasteiger partial charge in [-0.25, -0.2) is 4.68 Å². The summed E-state index contributed by atoms with van der Waals surface area (Å²) in [5.41, 5.74) is 6.05. The number of anilines is 1. The summed E-state index contributed by atoms with van der Waals surface area (Å²) in [5, 5.41) is 7.23. The smallest absolute Gasteiger partial charge is 0.268 e. The van der Waals surface area contributed by atoms with Gasteiger partial charge in [0.05, 0.1) is 11.9 Å². The summed E-state index contributed by atoms with van der Waals surface area (Å²) in [6, 6.07) is 1.57. The van der Waals surface area contributed by atoms with Gasteiger partial charge >= 0.3 is 0 Å². The molecule has 1 fully saturated rings.